The maximum absolute atomic E-state index is 3.78. The maximum atomic E-state index is 3.78. The predicted octanol–water partition coefficient (Wildman–Crippen LogP) is 3.17. The fraction of sp³-hybridized carbons (Fsp3) is 0.556. The summed E-state index contributed by atoms with van der Waals surface area (Å²) in [6, 6.07) is 0.638. The molecule has 0 amide bonds. The minimum absolute atomic E-state index is 0.638. The Morgan fingerprint density at radius 1 is 1.25 bits per heavy atom. The molecule has 2 fully saturated rings. The zero-order valence-electron chi connectivity index (χ0n) is 12.1. The van der Waals surface area contributed by atoms with Crippen LogP contribution in [0.4, 0.5) is 0 Å². The van der Waals surface area contributed by atoms with Gasteiger partial charge in [-0.15, -0.1) is 0 Å². The molecular formula is C18H22N2. The molecule has 2 heteroatoms. The molecule has 2 unspecified atom stereocenters. The van der Waals surface area contributed by atoms with Gasteiger partial charge in [0.15, 0.2) is 0 Å². The Morgan fingerprint density at radius 3 is 3.00 bits per heavy atom. The van der Waals surface area contributed by atoms with Crippen LogP contribution in [0.2, 0.25) is 0 Å². The van der Waals surface area contributed by atoms with Crippen molar-refractivity contribution >= 4 is 0 Å². The van der Waals surface area contributed by atoms with E-state index < -0.39 is 0 Å². The van der Waals surface area contributed by atoms with E-state index in [1.165, 1.54) is 43.5 Å². The second-order valence-electron chi connectivity index (χ2n) is 7.06. The number of rotatable bonds is 1. The van der Waals surface area contributed by atoms with Gasteiger partial charge in [-0.2, -0.15) is 0 Å². The van der Waals surface area contributed by atoms with Crippen molar-refractivity contribution in [1.82, 2.24) is 10.6 Å². The van der Waals surface area contributed by atoms with Crippen molar-refractivity contribution in [3.05, 3.63) is 45.8 Å². The first-order valence-corrected chi connectivity index (χ1v) is 8.17. The summed E-state index contributed by atoms with van der Waals surface area (Å²) in [6.07, 6.45) is 11.4. The summed E-state index contributed by atoms with van der Waals surface area (Å²) < 4.78 is 0. The number of fused-ring (bicyclic) bond motifs is 1. The topological polar surface area (TPSA) is 24.1 Å². The molecule has 3 aliphatic carbocycles. The van der Waals surface area contributed by atoms with Gasteiger partial charge in [0.05, 0.1) is 6.04 Å². The van der Waals surface area contributed by atoms with E-state index in [4.69, 9.17) is 0 Å². The van der Waals surface area contributed by atoms with Gasteiger partial charge in [0.25, 0.3) is 0 Å². The van der Waals surface area contributed by atoms with Crippen molar-refractivity contribution in [2.75, 3.05) is 6.54 Å². The molecule has 104 valence electrons. The molecule has 0 spiro atoms. The molecule has 1 saturated carbocycles. The maximum Gasteiger partial charge on any atom is 0.0507 e. The molecular weight excluding hydrogens is 244 g/mol. The molecule has 1 saturated heterocycles. The Labute approximate surface area is 120 Å². The molecule has 2 heterocycles. The van der Waals surface area contributed by atoms with Crippen LogP contribution in [-0.4, -0.2) is 12.6 Å². The van der Waals surface area contributed by atoms with Crippen molar-refractivity contribution in [3.8, 4) is 0 Å². The zero-order chi connectivity index (χ0) is 13.3. The molecule has 2 nitrogen and oxygen atoms in total. The van der Waals surface area contributed by atoms with Gasteiger partial charge in [0, 0.05) is 23.9 Å². The second kappa shape index (κ2) is 3.81. The standard InChI is InChI=1S/C18H22N2/c1-10-7-14-13-3-2-4-16-17(13)12(9-19-16)8-15(14)18(20-10)11-5-6-11/h4,7,11-12,18-20H,2-3,5-6,8-9H2,1H3. The Hall–Kier alpha value is -1.44. The van der Waals surface area contributed by atoms with E-state index in [-0.39, 0.29) is 0 Å². The molecule has 20 heavy (non-hydrogen) atoms. The van der Waals surface area contributed by atoms with Crippen LogP contribution in [0.15, 0.2) is 45.8 Å². The second-order valence-corrected chi connectivity index (χ2v) is 7.06. The summed E-state index contributed by atoms with van der Waals surface area (Å²) in [6.45, 7) is 3.39. The van der Waals surface area contributed by atoms with Gasteiger partial charge in [0.2, 0.25) is 0 Å². The van der Waals surface area contributed by atoms with Gasteiger partial charge in [0.1, 0.15) is 0 Å². The number of dihydropyridines is 1. The third kappa shape index (κ3) is 1.45. The van der Waals surface area contributed by atoms with Crippen LogP contribution in [0.1, 0.15) is 39.0 Å². The first-order chi connectivity index (χ1) is 9.81. The van der Waals surface area contributed by atoms with E-state index in [0.29, 0.717) is 6.04 Å². The van der Waals surface area contributed by atoms with Crippen LogP contribution in [0.25, 0.3) is 0 Å². The zero-order valence-corrected chi connectivity index (χ0v) is 12.1. The first kappa shape index (κ1) is 11.2. The van der Waals surface area contributed by atoms with Crippen molar-refractivity contribution in [1.29, 1.82) is 0 Å². The molecule has 0 radical (unpaired) electrons. The average molecular weight is 266 g/mol. The number of hydrogen-bond acceptors (Lipinski definition) is 2. The minimum atomic E-state index is 0.638. The van der Waals surface area contributed by atoms with Gasteiger partial charge in [-0.3, -0.25) is 0 Å². The van der Waals surface area contributed by atoms with Crippen molar-refractivity contribution in [2.45, 2.75) is 45.1 Å². The van der Waals surface area contributed by atoms with Crippen LogP contribution in [0.5, 0.6) is 0 Å². The van der Waals surface area contributed by atoms with E-state index >= 15 is 0 Å². The normalized spacial score (nSPS) is 34.9. The van der Waals surface area contributed by atoms with E-state index in [1.54, 1.807) is 22.3 Å². The molecule has 0 aromatic heterocycles. The highest BCUT2D eigenvalue weighted by molar-refractivity contribution is 5.61. The van der Waals surface area contributed by atoms with Crippen molar-refractivity contribution < 1.29 is 0 Å². The lowest BCUT2D eigenvalue weighted by Gasteiger charge is -2.37. The summed E-state index contributed by atoms with van der Waals surface area (Å²) in [5.41, 5.74) is 9.50. The predicted molar refractivity (Wildman–Crippen MR) is 80.9 cm³/mol. The van der Waals surface area contributed by atoms with Gasteiger partial charge in [-0.05, 0) is 73.3 Å². The van der Waals surface area contributed by atoms with Gasteiger partial charge < -0.3 is 10.6 Å². The smallest absolute Gasteiger partial charge is 0.0507 e. The summed E-state index contributed by atoms with van der Waals surface area (Å²) in [7, 11) is 0. The molecule has 0 aromatic rings. The van der Waals surface area contributed by atoms with E-state index in [0.717, 1.165) is 18.4 Å². The Morgan fingerprint density at radius 2 is 2.15 bits per heavy atom. The number of hydrogen-bond donors (Lipinski definition) is 2. The lowest BCUT2D eigenvalue weighted by molar-refractivity contribution is 0.501. The lowest BCUT2D eigenvalue weighted by Crippen LogP contribution is -2.37. The minimum Gasteiger partial charge on any atom is -0.384 e. The third-order valence-electron chi connectivity index (χ3n) is 5.66. The average Bonchev–Trinajstić information content (AvgIpc) is 3.22. The molecule has 2 aliphatic heterocycles. The van der Waals surface area contributed by atoms with Crippen LogP contribution >= 0.6 is 0 Å². The molecule has 5 aliphatic rings. The van der Waals surface area contributed by atoms with Crippen LogP contribution < -0.4 is 10.6 Å². The lowest BCUT2D eigenvalue weighted by atomic mass is 9.72. The molecule has 0 bridgehead atoms. The Balaban J connectivity index is 1.68. The van der Waals surface area contributed by atoms with E-state index in [1.807, 2.05) is 0 Å². The van der Waals surface area contributed by atoms with E-state index in [9.17, 15) is 0 Å². The first-order valence-electron chi connectivity index (χ1n) is 8.17. The summed E-state index contributed by atoms with van der Waals surface area (Å²) in [5.74, 6) is 1.64. The number of nitrogens with one attached hydrogen (secondary N) is 2. The summed E-state index contributed by atoms with van der Waals surface area (Å²) >= 11 is 0. The number of allylic oxidation sites excluding steroid dienone is 6. The van der Waals surface area contributed by atoms with Crippen molar-refractivity contribution in [2.24, 2.45) is 11.8 Å². The highest BCUT2D eigenvalue weighted by atomic mass is 15.0. The quantitative estimate of drug-likeness (QED) is 0.762. The summed E-state index contributed by atoms with van der Waals surface area (Å²) in [5, 5.41) is 7.42. The van der Waals surface area contributed by atoms with Crippen molar-refractivity contribution in [3.63, 3.8) is 0 Å². The highest BCUT2D eigenvalue weighted by Crippen LogP contribution is 2.50. The molecule has 2 atom stereocenters. The van der Waals surface area contributed by atoms with Crippen LogP contribution in [0, 0.1) is 11.8 Å². The monoisotopic (exact) mass is 266 g/mol. The van der Waals surface area contributed by atoms with Gasteiger partial charge in [-0.1, -0.05) is 6.08 Å². The highest BCUT2D eigenvalue weighted by Gasteiger charge is 2.42. The molecule has 0 aromatic carbocycles. The van der Waals surface area contributed by atoms with Gasteiger partial charge >= 0.3 is 0 Å². The Bertz CT molecular complexity index is 613. The fourth-order valence-corrected chi connectivity index (χ4v) is 4.66. The van der Waals surface area contributed by atoms with Crippen LogP contribution in [-0.2, 0) is 0 Å². The fourth-order valence-electron chi connectivity index (χ4n) is 4.66. The summed E-state index contributed by atoms with van der Waals surface area (Å²) in [4.78, 5) is 0. The van der Waals surface area contributed by atoms with E-state index in [2.05, 4.69) is 29.7 Å². The molecule has 2 N–H and O–H groups in total. The van der Waals surface area contributed by atoms with Gasteiger partial charge in [-0.25, -0.2) is 0 Å². The third-order valence-corrected chi connectivity index (χ3v) is 5.66. The SMILES string of the molecule is CC1=CC2=C(CC3CNC4=CCCC2=C43)C(C2CC2)N1. The largest absolute Gasteiger partial charge is 0.384 e. The Kier molecular flexibility index (Phi) is 2.14. The van der Waals surface area contributed by atoms with Crippen LogP contribution in [0.3, 0.4) is 0 Å². The molecule has 5 rings (SSSR count).